The highest BCUT2D eigenvalue weighted by atomic mass is 16.2. The summed E-state index contributed by atoms with van der Waals surface area (Å²) in [4.78, 5) is 23.9. The fraction of sp³-hybridized carbons (Fsp3) is 0.421. The smallest absolute Gasteiger partial charge is 0.254 e. The summed E-state index contributed by atoms with van der Waals surface area (Å²) in [5.41, 5.74) is 2.94. The molecule has 2 aliphatic rings. The van der Waals surface area contributed by atoms with Gasteiger partial charge >= 0.3 is 0 Å². The van der Waals surface area contributed by atoms with Crippen LogP contribution < -0.4 is 5.32 Å². The van der Waals surface area contributed by atoms with Gasteiger partial charge in [0.1, 0.15) is 5.82 Å². The zero-order valence-corrected chi connectivity index (χ0v) is 13.7. The predicted octanol–water partition coefficient (Wildman–Crippen LogP) is 2.14. The number of carbonyl (C=O) groups excluding carboxylic acids is 1. The van der Waals surface area contributed by atoms with Crippen LogP contribution in [0.5, 0.6) is 0 Å². The van der Waals surface area contributed by atoms with Gasteiger partial charge in [0.15, 0.2) is 0 Å². The third-order valence-corrected chi connectivity index (χ3v) is 4.92. The van der Waals surface area contributed by atoms with Crippen molar-refractivity contribution in [2.75, 3.05) is 19.6 Å². The first-order valence-corrected chi connectivity index (χ1v) is 8.71. The SMILES string of the molecule is O=C(c1ccccc1)N1CCc2nc([C@H]3CCCNC3)ncc2C1. The van der Waals surface area contributed by atoms with Crippen molar-refractivity contribution in [2.45, 2.75) is 31.7 Å². The van der Waals surface area contributed by atoms with Crippen LogP contribution in [0, 0.1) is 0 Å². The fourth-order valence-corrected chi connectivity index (χ4v) is 3.54. The highest BCUT2D eigenvalue weighted by Gasteiger charge is 2.25. The van der Waals surface area contributed by atoms with Crippen molar-refractivity contribution >= 4 is 5.91 Å². The summed E-state index contributed by atoms with van der Waals surface area (Å²) in [6, 6.07) is 9.47. The standard InChI is InChI=1S/C19H22N4O/c24-19(14-5-2-1-3-6-14)23-10-8-17-16(13-23)12-21-18(22-17)15-7-4-9-20-11-15/h1-3,5-6,12,15,20H,4,7-11,13H2/t15-/m0/s1. The monoisotopic (exact) mass is 322 g/mol. The van der Waals surface area contributed by atoms with Gasteiger partial charge in [0.05, 0.1) is 5.69 Å². The zero-order chi connectivity index (χ0) is 16.4. The minimum Gasteiger partial charge on any atom is -0.334 e. The van der Waals surface area contributed by atoms with E-state index < -0.39 is 0 Å². The van der Waals surface area contributed by atoms with Gasteiger partial charge in [-0.2, -0.15) is 0 Å². The second-order valence-electron chi connectivity index (χ2n) is 6.59. The van der Waals surface area contributed by atoms with E-state index in [0.717, 1.165) is 55.1 Å². The minimum absolute atomic E-state index is 0.0850. The maximum atomic E-state index is 12.6. The number of fused-ring (bicyclic) bond motifs is 1. The van der Waals surface area contributed by atoms with Gasteiger partial charge < -0.3 is 10.2 Å². The van der Waals surface area contributed by atoms with Crippen molar-refractivity contribution in [3.63, 3.8) is 0 Å². The fourth-order valence-electron chi connectivity index (χ4n) is 3.54. The summed E-state index contributed by atoms with van der Waals surface area (Å²) in [5.74, 6) is 1.47. The quantitative estimate of drug-likeness (QED) is 0.920. The molecule has 4 rings (SSSR count). The van der Waals surface area contributed by atoms with E-state index in [4.69, 9.17) is 4.98 Å². The molecule has 1 amide bonds. The first kappa shape index (κ1) is 15.3. The number of amides is 1. The summed E-state index contributed by atoms with van der Waals surface area (Å²) >= 11 is 0. The first-order chi connectivity index (χ1) is 11.8. The Morgan fingerprint density at radius 2 is 2.12 bits per heavy atom. The number of aromatic nitrogens is 2. The van der Waals surface area contributed by atoms with Crippen LogP contribution in [0.4, 0.5) is 0 Å². The zero-order valence-electron chi connectivity index (χ0n) is 13.7. The van der Waals surface area contributed by atoms with Gasteiger partial charge in [0.25, 0.3) is 5.91 Å². The van der Waals surface area contributed by atoms with E-state index >= 15 is 0 Å². The van der Waals surface area contributed by atoms with Crippen molar-refractivity contribution < 1.29 is 4.79 Å². The van der Waals surface area contributed by atoms with Crippen molar-refractivity contribution in [1.29, 1.82) is 0 Å². The average molecular weight is 322 g/mol. The molecule has 3 heterocycles. The Morgan fingerprint density at radius 1 is 1.25 bits per heavy atom. The Hall–Kier alpha value is -2.27. The Bertz CT molecular complexity index is 725. The molecule has 1 aromatic carbocycles. The van der Waals surface area contributed by atoms with Crippen LogP contribution in [0.25, 0.3) is 0 Å². The molecule has 124 valence electrons. The van der Waals surface area contributed by atoms with Gasteiger partial charge in [-0.05, 0) is 31.5 Å². The van der Waals surface area contributed by atoms with Gasteiger partial charge in [-0.1, -0.05) is 18.2 Å². The normalized spacial score (nSPS) is 20.5. The van der Waals surface area contributed by atoms with Crippen LogP contribution in [0.1, 0.15) is 46.2 Å². The molecule has 1 fully saturated rings. The third-order valence-electron chi connectivity index (χ3n) is 4.92. The Kier molecular flexibility index (Phi) is 4.26. The molecule has 5 heteroatoms. The predicted molar refractivity (Wildman–Crippen MR) is 91.8 cm³/mol. The van der Waals surface area contributed by atoms with Gasteiger partial charge in [-0.15, -0.1) is 0 Å². The van der Waals surface area contributed by atoms with E-state index in [0.29, 0.717) is 12.5 Å². The van der Waals surface area contributed by atoms with Crippen LogP contribution in [0.15, 0.2) is 36.5 Å². The summed E-state index contributed by atoms with van der Waals surface area (Å²) in [6.07, 6.45) is 5.08. The lowest BCUT2D eigenvalue weighted by atomic mass is 9.98. The Balaban J connectivity index is 1.50. The Morgan fingerprint density at radius 3 is 2.92 bits per heavy atom. The number of nitrogens with zero attached hydrogens (tertiary/aromatic N) is 3. The average Bonchev–Trinajstić information content (AvgIpc) is 2.68. The van der Waals surface area contributed by atoms with Gasteiger partial charge in [0, 0.05) is 49.3 Å². The van der Waals surface area contributed by atoms with Crippen LogP contribution in [0.2, 0.25) is 0 Å². The van der Waals surface area contributed by atoms with E-state index in [9.17, 15) is 4.79 Å². The number of nitrogens with one attached hydrogen (secondary N) is 1. The molecule has 0 saturated carbocycles. The molecular weight excluding hydrogens is 300 g/mol. The van der Waals surface area contributed by atoms with E-state index in [1.807, 2.05) is 41.4 Å². The lowest BCUT2D eigenvalue weighted by Gasteiger charge is -2.29. The molecular formula is C19H22N4O. The van der Waals surface area contributed by atoms with Crippen LogP contribution >= 0.6 is 0 Å². The summed E-state index contributed by atoms with van der Waals surface area (Å²) in [6.45, 7) is 3.39. The summed E-state index contributed by atoms with van der Waals surface area (Å²) < 4.78 is 0. The van der Waals surface area contributed by atoms with E-state index in [1.54, 1.807) is 0 Å². The highest BCUT2D eigenvalue weighted by Crippen LogP contribution is 2.24. The maximum absolute atomic E-state index is 12.6. The van der Waals surface area contributed by atoms with Crippen LogP contribution in [0.3, 0.4) is 0 Å². The van der Waals surface area contributed by atoms with Crippen molar-refractivity contribution in [2.24, 2.45) is 0 Å². The van der Waals surface area contributed by atoms with Crippen LogP contribution in [-0.4, -0.2) is 40.4 Å². The Labute approximate surface area is 142 Å². The topological polar surface area (TPSA) is 58.1 Å². The molecule has 0 unspecified atom stereocenters. The molecule has 0 bridgehead atoms. The largest absolute Gasteiger partial charge is 0.334 e. The van der Waals surface area contributed by atoms with E-state index in [2.05, 4.69) is 10.3 Å². The van der Waals surface area contributed by atoms with Gasteiger partial charge in [0.2, 0.25) is 0 Å². The lowest BCUT2D eigenvalue weighted by Crippen LogP contribution is -2.37. The molecule has 1 aromatic heterocycles. The molecule has 24 heavy (non-hydrogen) atoms. The van der Waals surface area contributed by atoms with Crippen LogP contribution in [-0.2, 0) is 13.0 Å². The summed E-state index contributed by atoms with van der Waals surface area (Å²) in [5, 5.41) is 3.42. The highest BCUT2D eigenvalue weighted by molar-refractivity contribution is 5.94. The van der Waals surface area contributed by atoms with E-state index in [1.165, 1.54) is 6.42 Å². The molecule has 5 nitrogen and oxygen atoms in total. The minimum atomic E-state index is 0.0850. The van der Waals surface area contributed by atoms with Gasteiger partial charge in [-0.25, -0.2) is 9.97 Å². The number of carbonyl (C=O) groups is 1. The number of hydrogen-bond donors (Lipinski definition) is 1. The molecule has 0 spiro atoms. The van der Waals surface area contributed by atoms with Crippen molar-refractivity contribution in [3.05, 3.63) is 59.2 Å². The first-order valence-electron chi connectivity index (χ1n) is 8.71. The number of hydrogen-bond acceptors (Lipinski definition) is 4. The molecule has 0 aliphatic carbocycles. The summed E-state index contributed by atoms with van der Waals surface area (Å²) in [7, 11) is 0. The maximum Gasteiger partial charge on any atom is 0.254 e. The molecule has 2 aromatic rings. The third kappa shape index (κ3) is 3.04. The molecule has 2 aliphatic heterocycles. The number of piperidine rings is 1. The van der Waals surface area contributed by atoms with Crippen molar-refractivity contribution in [1.82, 2.24) is 20.2 Å². The number of benzene rings is 1. The molecule has 1 N–H and O–H groups in total. The second-order valence-corrected chi connectivity index (χ2v) is 6.59. The molecule has 1 atom stereocenters. The van der Waals surface area contributed by atoms with Gasteiger partial charge in [-0.3, -0.25) is 4.79 Å². The van der Waals surface area contributed by atoms with Crippen molar-refractivity contribution in [3.8, 4) is 0 Å². The van der Waals surface area contributed by atoms with E-state index in [-0.39, 0.29) is 5.91 Å². The number of rotatable bonds is 2. The lowest BCUT2D eigenvalue weighted by molar-refractivity contribution is 0.0733. The molecule has 1 saturated heterocycles. The second kappa shape index (κ2) is 6.69. The molecule has 0 radical (unpaired) electrons.